The number of ether oxygens (including phenoxy) is 1. The van der Waals surface area contributed by atoms with Crippen LogP contribution in [0.25, 0.3) is 0 Å². The standard InChI is InChI=1S/C12H16ClN3O2/c1-8-10(2-3-11(13)14-8)16-12(17)15-9-4-6-18-7-5-9/h2-3,9H,4-7H2,1H3,(H2,15,16,17). The lowest BCUT2D eigenvalue weighted by atomic mass is 10.1. The van der Waals surface area contributed by atoms with Crippen LogP contribution in [0.3, 0.4) is 0 Å². The van der Waals surface area contributed by atoms with E-state index in [1.54, 1.807) is 19.1 Å². The molecule has 0 spiro atoms. The van der Waals surface area contributed by atoms with E-state index in [0.717, 1.165) is 12.8 Å². The molecule has 0 radical (unpaired) electrons. The SMILES string of the molecule is Cc1nc(Cl)ccc1NC(=O)NC1CCOCC1. The van der Waals surface area contributed by atoms with Crippen molar-refractivity contribution in [1.82, 2.24) is 10.3 Å². The number of rotatable bonds is 2. The van der Waals surface area contributed by atoms with Crippen molar-refractivity contribution in [1.29, 1.82) is 0 Å². The summed E-state index contributed by atoms with van der Waals surface area (Å²) in [6, 6.07) is 3.36. The topological polar surface area (TPSA) is 63.2 Å². The molecule has 6 heteroatoms. The van der Waals surface area contributed by atoms with Gasteiger partial charge in [0.15, 0.2) is 0 Å². The number of aryl methyl sites for hydroxylation is 1. The van der Waals surface area contributed by atoms with Gasteiger partial charge in [0, 0.05) is 19.3 Å². The third kappa shape index (κ3) is 3.58. The van der Waals surface area contributed by atoms with Gasteiger partial charge in [0.05, 0.1) is 11.4 Å². The van der Waals surface area contributed by atoms with E-state index in [4.69, 9.17) is 16.3 Å². The summed E-state index contributed by atoms with van der Waals surface area (Å²) in [6.07, 6.45) is 1.70. The monoisotopic (exact) mass is 269 g/mol. The molecule has 2 amide bonds. The predicted molar refractivity (Wildman–Crippen MR) is 70.0 cm³/mol. The third-order valence-electron chi connectivity index (χ3n) is 2.86. The minimum absolute atomic E-state index is 0.180. The van der Waals surface area contributed by atoms with Crippen molar-refractivity contribution in [2.75, 3.05) is 18.5 Å². The number of carbonyl (C=O) groups is 1. The summed E-state index contributed by atoms with van der Waals surface area (Å²) in [6.45, 7) is 3.20. The number of amides is 2. The molecule has 1 fully saturated rings. The van der Waals surface area contributed by atoms with Crippen LogP contribution in [-0.2, 0) is 4.74 Å². The molecule has 0 unspecified atom stereocenters. The Morgan fingerprint density at radius 1 is 1.44 bits per heavy atom. The average molecular weight is 270 g/mol. The van der Waals surface area contributed by atoms with Crippen molar-refractivity contribution in [2.24, 2.45) is 0 Å². The molecule has 18 heavy (non-hydrogen) atoms. The first kappa shape index (κ1) is 13.1. The van der Waals surface area contributed by atoms with Gasteiger partial charge in [-0.25, -0.2) is 9.78 Å². The Hall–Kier alpha value is -1.33. The van der Waals surface area contributed by atoms with E-state index in [2.05, 4.69) is 15.6 Å². The molecule has 0 aliphatic carbocycles. The molecule has 0 atom stereocenters. The molecular weight excluding hydrogens is 254 g/mol. The van der Waals surface area contributed by atoms with Crippen LogP contribution in [0.4, 0.5) is 10.5 Å². The third-order valence-corrected chi connectivity index (χ3v) is 3.07. The number of hydrogen-bond donors (Lipinski definition) is 2. The van der Waals surface area contributed by atoms with Gasteiger partial charge in [-0.3, -0.25) is 0 Å². The van der Waals surface area contributed by atoms with Crippen LogP contribution >= 0.6 is 11.6 Å². The predicted octanol–water partition coefficient (Wildman–Crippen LogP) is 2.34. The molecule has 5 nitrogen and oxygen atoms in total. The van der Waals surface area contributed by atoms with Crippen LogP contribution in [0.1, 0.15) is 18.5 Å². The molecular formula is C12H16ClN3O2. The number of nitrogens with one attached hydrogen (secondary N) is 2. The van der Waals surface area contributed by atoms with Crippen molar-refractivity contribution in [3.05, 3.63) is 23.0 Å². The molecule has 1 aliphatic heterocycles. The second kappa shape index (κ2) is 6.02. The molecule has 0 aromatic carbocycles. The summed E-state index contributed by atoms with van der Waals surface area (Å²) in [4.78, 5) is 15.9. The molecule has 2 N–H and O–H groups in total. The maximum Gasteiger partial charge on any atom is 0.319 e. The van der Waals surface area contributed by atoms with E-state index < -0.39 is 0 Å². The van der Waals surface area contributed by atoms with Gasteiger partial charge in [0.25, 0.3) is 0 Å². The lowest BCUT2D eigenvalue weighted by Crippen LogP contribution is -2.41. The zero-order chi connectivity index (χ0) is 13.0. The number of urea groups is 1. The quantitative estimate of drug-likeness (QED) is 0.810. The molecule has 1 aliphatic rings. The minimum Gasteiger partial charge on any atom is -0.381 e. The van der Waals surface area contributed by atoms with E-state index in [9.17, 15) is 4.79 Å². The highest BCUT2D eigenvalue weighted by molar-refractivity contribution is 6.29. The van der Waals surface area contributed by atoms with Gasteiger partial charge in [-0.05, 0) is 31.9 Å². The normalized spacial score (nSPS) is 16.3. The first-order valence-electron chi connectivity index (χ1n) is 5.93. The second-order valence-corrected chi connectivity index (χ2v) is 4.64. The van der Waals surface area contributed by atoms with Gasteiger partial charge < -0.3 is 15.4 Å². The fourth-order valence-electron chi connectivity index (χ4n) is 1.85. The summed E-state index contributed by atoms with van der Waals surface area (Å²) in [7, 11) is 0. The Morgan fingerprint density at radius 2 is 2.17 bits per heavy atom. The van der Waals surface area contributed by atoms with Crippen LogP contribution in [0.5, 0.6) is 0 Å². The molecule has 1 aromatic heterocycles. The Morgan fingerprint density at radius 3 is 2.83 bits per heavy atom. The minimum atomic E-state index is -0.214. The van der Waals surface area contributed by atoms with Crippen molar-refractivity contribution in [3.63, 3.8) is 0 Å². The summed E-state index contributed by atoms with van der Waals surface area (Å²) in [5.41, 5.74) is 1.37. The first-order chi connectivity index (χ1) is 8.65. The fourth-order valence-corrected chi connectivity index (χ4v) is 2.04. The Kier molecular flexibility index (Phi) is 4.38. The number of pyridine rings is 1. The van der Waals surface area contributed by atoms with Gasteiger partial charge >= 0.3 is 6.03 Å². The largest absolute Gasteiger partial charge is 0.381 e. The zero-order valence-electron chi connectivity index (χ0n) is 10.2. The van der Waals surface area contributed by atoms with Gasteiger partial charge in [-0.2, -0.15) is 0 Å². The Labute approximate surface area is 111 Å². The van der Waals surface area contributed by atoms with E-state index >= 15 is 0 Å². The second-order valence-electron chi connectivity index (χ2n) is 4.25. The number of carbonyl (C=O) groups excluding carboxylic acids is 1. The van der Waals surface area contributed by atoms with E-state index in [-0.39, 0.29) is 12.1 Å². The average Bonchev–Trinajstić information content (AvgIpc) is 2.34. The Bertz CT molecular complexity index is 433. The number of halogens is 1. The number of anilines is 1. The number of aromatic nitrogens is 1. The summed E-state index contributed by atoms with van der Waals surface area (Å²) in [5, 5.41) is 6.11. The van der Waals surface area contributed by atoms with E-state index in [1.807, 2.05) is 0 Å². The van der Waals surface area contributed by atoms with Crippen molar-refractivity contribution in [2.45, 2.75) is 25.8 Å². The number of nitrogens with zero attached hydrogens (tertiary/aromatic N) is 1. The fraction of sp³-hybridized carbons (Fsp3) is 0.500. The smallest absolute Gasteiger partial charge is 0.319 e. The van der Waals surface area contributed by atoms with Crippen molar-refractivity contribution < 1.29 is 9.53 Å². The van der Waals surface area contributed by atoms with Crippen molar-refractivity contribution in [3.8, 4) is 0 Å². The van der Waals surface area contributed by atoms with Gasteiger partial charge in [-0.1, -0.05) is 11.6 Å². The van der Waals surface area contributed by atoms with Crippen LogP contribution < -0.4 is 10.6 Å². The van der Waals surface area contributed by atoms with E-state index in [1.165, 1.54) is 0 Å². The number of hydrogen-bond acceptors (Lipinski definition) is 3. The highest BCUT2D eigenvalue weighted by atomic mass is 35.5. The van der Waals surface area contributed by atoms with Crippen LogP contribution in [0.15, 0.2) is 12.1 Å². The van der Waals surface area contributed by atoms with Crippen LogP contribution in [0, 0.1) is 6.92 Å². The Balaban J connectivity index is 1.90. The molecule has 1 aromatic rings. The lowest BCUT2D eigenvalue weighted by molar-refractivity contribution is 0.0806. The molecule has 1 saturated heterocycles. The van der Waals surface area contributed by atoms with Gasteiger partial charge in [-0.15, -0.1) is 0 Å². The highest BCUT2D eigenvalue weighted by Gasteiger charge is 2.16. The molecule has 2 heterocycles. The summed E-state index contributed by atoms with van der Waals surface area (Å²) >= 11 is 5.76. The van der Waals surface area contributed by atoms with Gasteiger partial charge in [0.2, 0.25) is 0 Å². The lowest BCUT2D eigenvalue weighted by Gasteiger charge is -2.23. The first-order valence-corrected chi connectivity index (χ1v) is 6.31. The molecule has 0 bridgehead atoms. The maximum absolute atomic E-state index is 11.8. The van der Waals surface area contributed by atoms with Crippen molar-refractivity contribution >= 4 is 23.3 Å². The molecule has 98 valence electrons. The maximum atomic E-state index is 11.8. The van der Waals surface area contributed by atoms with Crippen LogP contribution in [0.2, 0.25) is 5.15 Å². The molecule has 2 rings (SSSR count). The summed E-state index contributed by atoms with van der Waals surface area (Å²) < 4.78 is 5.24. The van der Waals surface area contributed by atoms with Crippen LogP contribution in [-0.4, -0.2) is 30.3 Å². The van der Waals surface area contributed by atoms with E-state index in [0.29, 0.717) is 29.7 Å². The van der Waals surface area contributed by atoms with Gasteiger partial charge in [0.1, 0.15) is 5.15 Å². The highest BCUT2D eigenvalue weighted by Crippen LogP contribution is 2.15. The zero-order valence-corrected chi connectivity index (χ0v) is 11.0. The molecule has 0 saturated carbocycles. The summed E-state index contributed by atoms with van der Waals surface area (Å²) in [5.74, 6) is 0.